The predicted octanol–water partition coefficient (Wildman–Crippen LogP) is 2.09. The highest BCUT2D eigenvalue weighted by molar-refractivity contribution is 5.08. The Kier molecular flexibility index (Phi) is 2.08. The molecule has 13 heavy (non-hydrogen) atoms. The lowest BCUT2D eigenvalue weighted by atomic mass is 9.70. The molecule has 0 spiro atoms. The molecule has 0 bridgehead atoms. The molecule has 2 saturated carbocycles. The van der Waals surface area contributed by atoms with Gasteiger partial charge >= 0.3 is 0 Å². The molecule has 4 unspecified atom stereocenters. The van der Waals surface area contributed by atoms with Crippen molar-refractivity contribution in [3.8, 4) is 6.07 Å². The molecule has 0 radical (unpaired) electrons. The molecule has 72 valence electrons. The SMILES string of the molecule is CC1(C#N)CCC2CCC(O)CC21. The molecule has 0 aliphatic heterocycles. The molecule has 2 rings (SSSR count). The number of fused-ring (bicyclic) bond motifs is 1. The average Bonchev–Trinajstić information content (AvgIpc) is 2.45. The summed E-state index contributed by atoms with van der Waals surface area (Å²) in [6, 6.07) is 2.45. The summed E-state index contributed by atoms with van der Waals surface area (Å²) in [5, 5.41) is 18.7. The molecule has 2 aliphatic carbocycles. The molecule has 2 aliphatic rings. The highest BCUT2D eigenvalue weighted by Crippen LogP contribution is 2.52. The summed E-state index contributed by atoms with van der Waals surface area (Å²) >= 11 is 0. The van der Waals surface area contributed by atoms with E-state index in [1.165, 1.54) is 6.42 Å². The third kappa shape index (κ3) is 1.36. The summed E-state index contributed by atoms with van der Waals surface area (Å²) in [6.45, 7) is 2.07. The van der Waals surface area contributed by atoms with Gasteiger partial charge in [0.2, 0.25) is 0 Å². The Hall–Kier alpha value is -0.550. The van der Waals surface area contributed by atoms with Gasteiger partial charge in [-0.1, -0.05) is 0 Å². The van der Waals surface area contributed by atoms with Crippen LogP contribution in [-0.2, 0) is 0 Å². The predicted molar refractivity (Wildman–Crippen MR) is 49.8 cm³/mol. The van der Waals surface area contributed by atoms with Crippen molar-refractivity contribution in [1.29, 1.82) is 5.26 Å². The molecule has 0 aromatic carbocycles. The van der Waals surface area contributed by atoms with Crippen LogP contribution >= 0.6 is 0 Å². The minimum atomic E-state index is -0.147. The fourth-order valence-corrected chi connectivity index (χ4v) is 3.15. The maximum atomic E-state index is 9.57. The second-order valence-electron chi connectivity index (χ2n) is 4.90. The van der Waals surface area contributed by atoms with Crippen LogP contribution in [0.1, 0.15) is 39.0 Å². The fraction of sp³-hybridized carbons (Fsp3) is 0.909. The number of nitrogens with zero attached hydrogens (tertiary/aromatic N) is 1. The molecule has 0 aromatic rings. The zero-order chi connectivity index (χ0) is 9.47. The maximum absolute atomic E-state index is 9.57. The summed E-state index contributed by atoms with van der Waals surface area (Å²) in [5.74, 6) is 1.18. The normalized spacial score (nSPS) is 49.8. The van der Waals surface area contributed by atoms with Crippen molar-refractivity contribution in [2.24, 2.45) is 17.3 Å². The van der Waals surface area contributed by atoms with Crippen LogP contribution < -0.4 is 0 Å². The monoisotopic (exact) mass is 179 g/mol. The van der Waals surface area contributed by atoms with Gasteiger partial charge in [-0.25, -0.2) is 0 Å². The highest BCUT2D eigenvalue weighted by Gasteiger charge is 2.47. The van der Waals surface area contributed by atoms with E-state index in [9.17, 15) is 5.11 Å². The lowest BCUT2D eigenvalue weighted by Gasteiger charge is -2.34. The van der Waals surface area contributed by atoms with E-state index < -0.39 is 0 Å². The Bertz CT molecular complexity index is 245. The number of nitriles is 1. The van der Waals surface area contributed by atoms with Crippen LogP contribution in [0.3, 0.4) is 0 Å². The summed E-state index contributed by atoms with van der Waals surface area (Å²) in [7, 11) is 0. The first-order valence-electron chi connectivity index (χ1n) is 5.25. The number of aliphatic hydroxyl groups is 1. The first-order valence-corrected chi connectivity index (χ1v) is 5.25. The van der Waals surface area contributed by atoms with Crippen molar-refractivity contribution in [2.75, 3.05) is 0 Å². The largest absolute Gasteiger partial charge is 0.393 e. The molecule has 2 nitrogen and oxygen atoms in total. The summed E-state index contributed by atoms with van der Waals surface area (Å²) in [6.07, 6.45) is 5.01. The fourth-order valence-electron chi connectivity index (χ4n) is 3.15. The number of rotatable bonds is 0. The molecular weight excluding hydrogens is 162 g/mol. The third-order valence-corrected chi connectivity index (χ3v) is 4.07. The van der Waals surface area contributed by atoms with Gasteiger partial charge in [-0.15, -0.1) is 0 Å². The number of aliphatic hydroxyl groups excluding tert-OH is 1. The second kappa shape index (κ2) is 2.99. The molecule has 2 fully saturated rings. The van der Waals surface area contributed by atoms with E-state index in [-0.39, 0.29) is 11.5 Å². The van der Waals surface area contributed by atoms with E-state index >= 15 is 0 Å². The maximum Gasteiger partial charge on any atom is 0.0689 e. The molecule has 2 heteroatoms. The Morgan fingerprint density at radius 2 is 2.15 bits per heavy atom. The van der Waals surface area contributed by atoms with Gasteiger partial charge < -0.3 is 5.11 Å². The van der Waals surface area contributed by atoms with Crippen LogP contribution in [0.4, 0.5) is 0 Å². The van der Waals surface area contributed by atoms with Gasteiger partial charge in [0.15, 0.2) is 0 Å². The average molecular weight is 179 g/mol. The van der Waals surface area contributed by atoms with Crippen LogP contribution in [0.15, 0.2) is 0 Å². The van der Waals surface area contributed by atoms with Crippen LogP contribution in [0.2, 0.25) is 0 Å². The third-order valence-electron chi connectivity index (χ3n) is 4.07. The molecule has 4 atom stereocenters. The molecule has 1 N–H and O–H groups in total. The van der Waals surface area contributed by atoms with Crippen LogP contribution in [0.25, 0.3) is 0 Å². The number of hydrogen-bond donors (Lipinski definition) is 1. The summed E-state index contributed by atoms with van der Waals surface area (Å²) in [5.41, 5.74) is -0.147. The molecular formula is C11H17NO. The van der Waals surface area contributed by atoms with Gasteiger partial charge in [0.1, 0.15) is 0 Å². The number of hydrogen-bond acceptors (Lipinski definition) is 2. The van der Waals surface area contributed by atoms with Crippen molar-refractivity contribution in [3.63, 3.8) is 0 Å². The van der Waals surface area contributed by atoms with E-state index in [2.05, 4.69) is 13.0 Å². The van der Waals surface area contributed by atoms with Crippen molar-refractivity contribution in [1.82, 2.24) is 0 Å². The topological polar surface area (TPSA) is 44.0 Å². The van der Waals surface area contributed by atoms with Gasteiger partial charge in [0.25, 0.3) is 0 Å². The van der Waals surface area contributed by atoms with Crippen LogP contribution in [-0.4, -0.2) is 11.2 Å². The molecule has 0 saturated heterocycles. The van der Waals surface area contributed by atoms with Crippen molar-refractivity contribution in [3.05, 3.63) is 0 Å². The van der Waals surface area contributed by atoms with E-state index in [1.54, 1.807) is 0 Å². The zero-order valence-corrected chi connectivity index (χ0v) is 8.16. The Morgan fingerprint density at radius 3 is 2.85 bits per heavy atom. The van der Waals surface area contributed by atoms with Crippen LogP contribution in [0.5, 0.6) is 0 Å². The minimum Gasteiger partial charge on any atom is -0.393 e. The van der Waals surface area contributed by atoms with Crippen molar-refractivity contribution < 1.29 is 5.11 Å². The van der Waals surface area contributed by atoms with Gasteiger partial charge in [0.05, 0.1) is 17.6 Å². The van der Waals surface area contributed by atoms with E-state index in [0.29, 0.717) is 11.8 Å². The highest BCUT2D eigenvalue weighted by atomic mass is 16.3. The molecule has 0 amide bonds. The lowest BCUT2D eigenvalue weighted by molar-refractivity contribution is 0.0560. The first-order chi connectivity index (χ1) is 6.15. The van der Waals surface area contributed by atoms with Gasteiger partial charge in [-0.2, -0.15) is 5.26 Å². The zero-order valence-electron chi connectivity index (χ0n) is 8.16. The van der Waals surface area contributed by atoms with Gasteiger partial charge in [0, 0.05) is 0 Å². The summed E-state index contributed by atoms with van der Waals surface area (Å²) in [4.78, 5) is 0. The standard InChI is InChI=1S/C11H17NO/c1-11(7-12)5-4-8-2-3-9(13)6-10(8)11/h8-10,13H,2-6H2,1H3. The van der Waals surface area contributed by atoms with Crippen molar-refractivity contribution in [2.45, 2.75) is 45.1 Å². The first kappa shape index (κ1) is 9.02. The summed E-state index contributed by atoms with van der Waals surface area (Å²) < 4.78 is 0. The van der Waals surface area contributed by atoms with E-state index in [1.807, 2.05) is 0 Å². The molecule has 0 aromatic heterocycles. The van der Waals surface area contributed by atoms with E-state index in [4.69, 9.17) is 5.26 Å². The second-order valence-corrected chi connectivity index (χ2v) is 4.90. The lowest BCUT2D eigenvalue weighted by Crippen LogP contribution is -2.32. The quantitative estimate of drug-likeness (QED) is 0.618. The Labute approximate surface area is 79.6 Å². The van der Waals surface area contributed by atoms with Crippen LogP contribution in [0, 0.1) is 28.6 Å². The Balaban J connectivity index is 2.17. The minimum absolute atomic E-state index is 0.146. The Morgan fingerprint density at radius 1 is 1.38 bits per heavy atom. The van der Waals surface area contributed by atoms with Crippen molar-refractivity contribution >= 4 is 0 Å². The van der Waals surface area contributed by atoms with Gasteiger partial charge in [-0.05, 0) is 50.9 Å². The van der Waals surface area contributed by atoms with Gasteiger partial charge in [-0.3, -0.25) is 0 Å². The smallest absolute Gasteiger partial charge is 0.0689 e. The van der Waals surface area contributed by atoms with E-state index in [0.717, 1.165) is 25.7 Å². The molecule has 0 heterocycles.